The van der Waals surface area contributed by atoms with Gasteiger partial charge in [0.05, 0.1) is 25.0 Å². The summed E-state index contributed by atoms with van der Waals surface area (Å²) in [4.78, 5) is 17.2. The monoisotopic (exact) mass is 423 g/mol. The Morgan fingerprint density at radius 1 is 1.23 bits per heavy atom. The summed E-state index contributed by atoms with van der Waals surface area (Å²) in [5.41, 5.74) is 2.65. The molecule has 1 fully saturated rings. The summed E-state index contributed by atoms with van der Waals surface area (Å²) in [6.45, 7) is 4.35. The third kappa shape index (κ3) is 4.66. The fraction of sp³-hybridized carbons (Fsp3) is 0.417. The van der Waals surface area contributed by atoms with Gasteiger partial charge in [0, 0.05) is 31.8 Å². The van der Waals surface area contributed by atoms with Gasteiger partial charge in [0.25, 0.3) is 5.91 Å². The van der Waals surface area contributed by atoms with E-state index < -0.39 is 0 Å². The second-order valence-electron chi connectivity index (χ2n) is 7.92. The van der Waals surface area contributed by atoms with Crippen LogP contribution in [0.4, 0.5) is 5.88 Å². The Morgan fingerprint density at radius 2 is 2.06 bits per heavy atom. The lowest BCUT2D eigenvalue weighted by Gasteiger charge is -2.34. The second kappa shape index (κ2) is 9.83. The van der Waals surface area contributed by atoms with Crippen LogP contribution in [0.1, 0.15) is 42.3 Å². The molecule has 1 aliphatic heterocycles. The van der Waals surface area contributed by atoms with E-state index in [0.717, 1.165) is 42.1 Å². The van der Waals surface area contributed by atoms with E-state index >= 15 is 0 Å². The first-order valence-electron chi connectivity index (χ1n) is 10.8. The van der Waals surface area contributed by atoms with Crippen LogP contribution in [0.3, 0.4) is 0 Å². The van der Waals surface area contributed by atoms with Gasteiger partial charge < -0.3 is 23.5 Å². The molecule has 0 bridgehead atoms. The summed E-state index contributed by atoms with van der Waals surface area (Å²) in [6, 6.07) is 13.7. The van der Waals surface area contributed by atoms with Crippen molar-refractivity contribution in [3.63, 3.8) is 0 Å². The highest BCUT2D eigenvalue weighted by molar-refractivity contribution is 5.91. The Morgan fingerprint density at radius 3 is 2.77 bits per heavy atom. The highest BCUT2D eigenvalue weighted by Crippen LogP contribution is 2.35. The van der Waals surface area contributed by atoms with Crippen LogP contribution < -0.4 is 4.90 Å². The number of aromatic nitrogens is 1. The number of methoxy groups -OCH3 is 1. The van der Waals surface area contributed by atoms with Crippen molar-refractivity contribution in [1.29, 1.82) is 0 Å². The molecule has 3 heterocycles. The third-order valence-corrected chi connectivity index (χ3v) is 5.81. The molecule has 31 heavy (non-hydrogen) atoms. The largest absolute Gasteiger partial charge is 0.459 e. The third-order valence-electron chi connectivity index (χ3n) is 5.81. The molecule has 1 amide bonds. The molecule has 2 aromatic heterocycles. The first-order valence-corrected chi connectivity index (χ1v) is 10.8. The average molecular weight is 424 g/mol. The Bertz CT molecular complexity index is 968. The van der Waals surface area contributed by atoms with E-state index in [0.29, 0.717) is 31.5 Å². The van der Waals surface area contributed by atoms with Gasteiger partial charge in [-0.2, -0.15) is 0 Å². The summed E-state index contributed by atoms with van der Waals surface area (Å²) < 4.78 is 16.6. The number of piperidine rings is 1. The smallest absolute Gasteiger partial charge is 0.289 e. The standard InChI is InChI=1S/C24H29N3O4/c1-18-9-6-7-13-27(18)24-20(22(25-31-24)19-10-4-3-5-11-19)17-26(14-16-29-2)23(28)21-12-8-15-30-21/h3-5,8,10-12,15,18H,6-7,9,13-14,16-17H2,1-2H3/t18-/m0/s1. The Hall–Kier alpha value is -3.06. The van der Waals surface area contributed by atoms with Crippen LogP contribution in [-0.4, -0.2) is 48.8 Å². The minimum Gasteiger partial charge on any atom is -0.459 e. The molecular weight excluding hydrogens is 394 g/mol. The number of hydrogen-bond donors (Lipinski definition) is 0. The number of anilines is 1. The fourth-order valence-corrected chi connectivity index (χ4v) is 4.09. The summed E-state index contributed by atoms with van der Waals surface area (Å²) in [5.74, 6) is 0.877. The Kier molecular flexibility index (Phi) is 6.72. The number of benzene rings is 1. The molecule has 4 rings (SSSR count). The normalized spacial score (nSPS) is 16.5. The number of carbonyl (C=O) groups is 1. The van der Waals surface area contributed by atoms with Gasteiger partial charge in [0.15, 0.2) is 5.76 Å². The van der Waals surface area contributed by atoms with Crippen LogP contribution in [0, 0.1) is 0 Å². The molecule has 164 valence electrons. The first-order chi connectivity index (χ1) is 15.2. The molecule has 0 unspecified atom stereocenters. The van der Waals surface area contributed by atoms with Crippen LogP contribution in [0.2, 0.25) is 0 Å². The molecular formula is C24H29N3O4. The molecule has 0 radical (unpaired) electrons. The van der Waals surface area contributed by atoms with Crippen molar-refractivity contribution in [2.24, 2.45) is 0 Å². The van der Waals surface area contributed by atoms with Crippen molar-refractivity contribution in [3.05, 3.63) is 60.1 Å². The Labute approximate surface area is 182 Å². The molecule has 1 aromatic carbocycles. The van der Waals surface area contributed by atoms with Crippen molar-refractivity contribution >= 4 is 11.8 Å². The van der Waals surface area contributed by atoms with E-state index in [-0.39, 0.29) is 5.91 Å². The van der Waals surface area contributed by atoms with E-state index in [4.69, 9.17) is 13.7 Å². The number of carbonyl (C=O) groups excluding carboxylic acids is 1. The molecule has 7 heteroatoms. The van der Waals surface area contributed by atoms with E-state index in [9.17, 15) is 4.79 Å². The van der Waals surface area contributed by atoms with E-state index in [2.05, 4.69) is 17.0 Å². The number of ether oxygens (including phenoxy) is 1. The van der Waals surface area contributed by atoms with Gasteiger partial charge in [0.1, 0.15) is 5.69 Å². The van der Waals surface area contributed by atoms with Gasteiger partial charge >= 0.3 is 0 Å². The molecule has 0 saturated carbocycles. The van der Waals surface area contributed by atoms with E-state index in [1.54, 1.807) is 24.1 Å². The second-order valence-corrected chi connectivity index (χ2v) is 7.92. The van der Waals surface area contributed by atoms with Crippen molar-refractivity contribution < 1.29 is 18.5 Å². The average Bonchev–Trinajstić information content (AvgIpc) is 3.47. The summed E-state index contributed by atoms with van der Waals surface area (Å²) >= 11 is 0. The van der Waals surface area contributed by atoms with Crippen molar-refractivity contribution in [1.82, 2.24) is 10.1 Å². The lowest BCUT2D eigenvalue weighted by atomic mass is 10.0. The molecule has 0 spiro atoms. The number of rotatable bonds is 8. The highest BCUT2D eigenvalue weighted by atomic mass is 16.5. The quantitative estimate of drug-likeness (QED) is 0.527. The number of hydrogen-bond acceptors (Lipinski definition) is 6. The van der Waals surface area contributed by atoms with E-state index in [1.165, 1.54) is 12.7 Å². The molecule has 1 aliphatic rings. The summed E-state index contributed by atoms with van der Waals surface area (Å²) in [7, 11) is 1.63. The van der Waals surface area contributed by atoms with E-state index in [1.807, 2.05) is 30.3 Å². The van der Waals surface area contributed by atoms with Crippen molar-refractivity contribution in [3.8, 4) is 11.3 Å². The number of furan rings is 1. The van der Waals surface area contributed by atoms with Crippen molar-refractivity contribution in [2.45, 2.75) is 38.8 Å². The minimum atomic E-state index is -0.181. The zero-order valence-corrected chi connectivity index (χ0v) is 18.1. The first kappa shape index (κ1) is 21.2. The summed E-state index contributed by atoms with van der Waals surface area (Å²) in [6.07, 6.45) is 4.95. The minimum absolute atomic E-state index is 0.181. The van der Waals surface area contributed by atoms with Gasteiger partial charge in [-0.3, -0.25) is 4.79 Å². The maximum Gasteiger partial charge on any atom is 0.289 e. The molecule has 1 saturated heterocycles. The SMILES string of the molecule is COCCN(Cc1c(-c2ccccc2)noc1N1CCCC[C@@H]1C)C(=O)c1ccco1. The predicted molar refractivity (Wildman–Crippen MR) is 118 cm³/mol. The number of amides is 1. The fourth-order valence-electron chi connectivity index (χ4n) is 4.09. The van der Waals surface area contributed by atoms with Crippen LogP contribution in [0.25, 0.3) is 11.3 Å². The number of nitrogens with zero attached hydrogens (tertiary/aromatic N) is 3. The zero-order valence-electron chi connectivity index (χ0n) is 18.1. The predicted octanol–water partition coefficient (Wildman–Crippen LogP) is 4.60. The topological polar surface area (TPSA) is 72.0 Å². The molecule has 7 nitrogen and oxygen atoms in total. The van der Waals surface area contributed by atoms with Crippen LogP contribution in [0.5, 0.6) is 0 Å². The van der Waals surface area contributed by atoms with Gasteiger partial charge in [-0.05, 0) is 38.3 Å². The maximum atomic E-state index is 13.1. The lowest BCUT2D eigenvalue weighted by Crippen LogP contribution is -2.39. The molecule has 3 aromatic rings. The van der Waals surface area contributed by atoms with Crippen LogP contribution >= 0.6 is 0 Å². The lowest BCUT2D eigenvalue weighted by molar-refractivity contribution is 0.0649. The Balaban J connectivity index is 1.72. The maximum absolute atomic E-state index is 13.1. The zero-order chi connectivity index (χ0) is 21.6. The van der Waals surface area contributed by atoms with Gasteiger partial charge in [-0.25, -0.2) is 0 Å². The molecule has 0 aliphatic carbocycles. The van der Waals surface area contributed by atoms with Crippen molar-refractivity contribution in [2.75, 3.05) is 31.7 Å². The molecule has 1 atom stereocenters. The molecule has 0 N–H and O–H groups in total. The van der Waals surface area contributed by atoms with Crippen LogP contribution in [0.15, 0.2) is 57.7 Å². The van der Waals surface area contributed by atoms with Gasteiger partial charge in [-0.15, -0.1) is 0 Å². The summed E-state index contributed by atoms with van der Waals surface area (Å²) in [5, 5.41) is 4.44. The highest BCUT2D eigenvalue weighted by Gasteiger charge is 2.30. The van der Waals surface area contributed by atoms with Gasteiger partial charge in [0.2, 0.25) is 5.88 Å². The van der Waals surface area contributed by atoms with Crippen LogP contribution in [-0.2, 0) is 11.3 Å². The van der Waals surface area contributed by atoms with Gasteiger partial charge in [-0.1, -0.05) is 35.5 Å².